The minimum Gasteiger partial charge on any atom is -0.345 e. The molecule has 6 heteroatoms. The molecule has 1 heterocycles. The van der Waals surface area contributed by atoms with Crippen LogP contribution in [0.15, 0.2) is 18.2 Å². The summed E-state index contributed by atoms with van der Waals surface area (Å²) >= 11 is 5.98. The van der Waals surface area contributed by atoms with E-state index in [0.29, 0.717) is 22.8 Å². The molecule has 5 nitrogen and oxygen atoms in total. The number of benzene rings is 1. The molecule has 0 aliphatic carbocycles. The minimum absolute atomic E-state index is 0.0694. The highest BCUT2D eigenvalue weighted by Gasteiger charge is 2.23. The molecule has 1 atom stereocenters. The molecule has 2 N–H and O–H groups in total. The molecule has 2 rings (SSSR count). The van der Waals surface area contributed by atoms with Crippen LogP contribution in [0.25, 0.3) is 0 Å². The SMILES string of the molecule is CN(C)C(=O)c1ccc(Cl)cc1NC(=O)C1CCCNC1. The van der Waals surface area contributed by atoms with Crippen LogP contribution in [-0.4, -0.2) is 43.9 Å². The van der Waals surface area contributed by atoms with E-state index < -0.39 is 0 Å². The van der Waals surface area contributed by atoms with Crippen LogP contribution in [0.5, 0.6) is 0 Å². The van der Waals surface area contributed by atoms with E-state index in [1.807, 2.05) is 0 Å². The molecule has 1 unspecified atom stereocenters. The average molecular weight is 310 g/mol. The molecule has 1 aromatic carbocycles. The first kappa shape index (κ1) is 15.8. The molecule has 114 valence electrons. The van der Waals surface area contributed by atoms with Crippen LogP contribution in [0.1, 0.15) is 23.2 Å². The summed E-state index contributed by atoms with van der Waals surface area (Å²) in [4.78, 5) is 25.9. The highest BCUT2D eigenvalue weighted by molar-refractivity contribution is 6.31. The first-order chi connectivity index (χ1) is 9.99. The lowest BCUT2D eigenvalue weighted by Crippen LogP contribution is -2.37. The van der Waals surface area contributed by atoms with Crippen molar-refractivity contribution in [1.29, 1.82) is 0 Å². The van der Waals surface area contributed by atoms with Crippen molar-refractivity contribution in [2.45, 2.75) is 12.8 Å². The number of hydrogen-bond acceptors (Lipinski definition) is 3. The molecule has 0 spiro atoms. The van der Waals surface area contributed by atoms with Gasteiger partial charge in [-0.05, 0) is 37.6 Å². The maximum Gasteiger partial charge on any atom is 0.255 e. The van der Waals surface area contributed by atoms with E-state index >= 15 is 0 Å². The van der Waals surface area contributed by atoms with E-state index in [1.165, 1.54) is 4.90 Å². The number of amides is 2. The lowest BCUT2D eigenvalue weighted by Gasteiger charge is -2.23. The topological polar surface area (TPSA) is 61.4 Å². The van der Waals surface area contributed by atoms with Gasteiger partial charge in [-0.25, -0.2) is 0 Å². The van der Waals surface area contributed by atoms with Crippen molar-refractivity contribution in [3.8, 4) is 0 Å². The summed E-state index contributed by atoms with van der Waals surface area (Å²) in [5.74, 6) is -0.305. The van der Waals surface area contributed by atoms with Gasteiger partial charge in [0.15, 0.2) is 0 Å². The van der Waals surface area contributed by atoms with E-state index in [-0.39, 0.29) is 17.7 Å². The maximum atomic E-state index is 12.3. The molecule has 1 fully saturated rings. The van der Waals surface area contributed by atoms with Gasteiger partial charge in [-0.3, -0.25) is 9.59 Å². The Kier molecular flexibility index (Phi) is 5.20. The van der Waals surface area contributed by atoms with Gasteiger partial charge < -0.3 is 15.5 Å². The maximum absolute atomic E-state index is 12.3. The average Bonchev–Trinajstić information content (AvgIpc) is 2.47. The van der Waals surface area contributed by atoms with Crippen LogP contribution < -0.4 is 10.6 Å². The molecule has 1 aliphatic heterocycles. The van der Waals surface area contributed by atoms with Crippen molar-refractivity contribution in [1.82, 2.24) is 10.2 Å². The van der Waals surface area contributed by atoms with Gasteiger partial charge in [0.25, 0.3) is 5.91 Å². The number of halogens is 1. The summed E-state index contributed by atoms with van der Waals surface area (Å²) in [5, 5.41) is 6.54. The number of hydrogen-bond donors (Lipinski definition) is 2. The third kappa shape index (κ3) is 3.95. The summed E-state index contributed by atoms with van der Waals surface area (Å²) in [7, 11) is 3.35. The van der Waals surface area contributed by atoms with Crippen LogP contribution in [0.2, 0.25) is 5.02 Å². The quantitative estimate of drug-likeness (QED) is 0.897. The largest absolute Gasteiger partial charge is 0.345 e. The molecule has 0 saturated carbocycles. The number of rotatable bonds is 3. The zero-order chi connectivity index (χ0) is 15.4. The van der Waals surface area contributed by atoms with Crippen LogP contribution in [0.4, 0.5) is 5.69 Å². The van der Waals surface area contributed by atoms with Gasteiger partial charge in [0.1, 0.15) is 0 Å². The Morgan fingerprint density at radius 3 is 2.76 bits per heavy atom. The summed E-state index contributed by atoms with van der Waals surface area (Å²) in [6.07, 6.45) is 1.84. The first-order valence-corrected chi connectivity index (χ1v) is 7.39. The third-order valence-corrected chi connectivity index (χ3v) is 3.78. The highest BCUT2D eigenvalue weighted by atomic mass is 35.5. The van der Waals surface area contributed by atoms with Crippen LogP contribution in [-0.2, 0) is 4.79 Å². The number of anilines is 1. The van der Waals surface area contributed by atoms with Crippen LogP contribution in [0, 0.1) is 5.92 Å². The van der Waals surface area contributed by atoms with E-state index in [0.717, 1.165) is 19.4 Å². The molecule has 21 heavy (non-hydrogen) atoms. The molecule has 1 aromatic rings. The van der Waals surface area contributed by atoms with Crippen LogP contribution in [0.3, 0.4) is 0 Å². The Morgan fingerprint density at radius 1 is 1.38 bits per heavy atom. The number of nitrogens with one attached hydrogen (secondary N) is 2. The second-order valence-corrected chi connectivity index (χ2v) is 5.86. The van der Waals surface area contributed by atoms with Gasteiger partial charge in [0.2, 0.25) is 5.91 Å². The molecule has 0 aromatic heterocycles. The second-order valence-electron chi connectivity index (χ2n) is 5.42. The first-order valence-electron chi connectivity index (χ1n) is 7.02. The van der Waals surface area contributed by atoms with Crippen molar-refractivity contribution in [3.63, 3.8) is 0 Å². The summed E-state index contributed by atoms with van der Waals surface area (Å²) in [5.41, 5.74) is 0.915. The van der Waals surface area contributed by atoms with E-state index in [9.17, 15) is 9.59 Å². The zero-order valence-electron chi connectivity index (χ0n) is 12.3. The van der Waals surface area contributed by atoms with E-state index in [2.05, 4.69) is 10.6 Å². The summed E-state index contributed by atoms with van der Waals surface area (Å²) < 4.78 is 0. The Hall–Kier alpha value is -1.59. The lowest BCUT2D eigenvalue weighted by molar-refractivity contribution is -0.120. The lowest BCUT2D eigenvalue weighted by atomic mass is 9.98. The second kappa shape index (κ2) is 6.91. The van der Waals surface area contributed by atoms with Crippen LogP contribution >= 0.6 is 11.6 Å². The molecule has 0 radical (unpaired) electrons. The van der Waals surface area contributed by atoms with Gasteiger partial charge in [-0.15, -0.1) is 0 Å². The monoisotopic (exact) mass is 309 g/mol. The van der Waals surface area contributed by atoms with Crippen molar-refractivity contribution >= 4 is 29.1 Å². The van der Waals surface area contributed by atoms with Gasteiger partial charge >= 0.3 is 0 Å². The predicted molar refractivity (Wildman–Crippen MR) is 83.7 cm³/mol. The Morgan fingerprint density at radius 2 is 2.14 bits per heavy atom. The highest BCUT2D eigenvalue weighted by Crippen LogP contribution is 2.23. The molecule has 2 amide bonds. The van der Waals surface area contributed by atoms with Crippen molar-refractivity contribution in [2.75, 3.05) is 32.5 Å². The van der Waals surface area contributed by atoms with Gasteiger partial charge in [-0.1, -0.05) is 11.6 Å². The fourth-order valence-electron chi connectivity index (χ4n) is 2.36. The van der Waals surface area contributed by atoms with E-state index in [1.54, 1.807) is 32.3 Å². The number of carbonyl (C=O) groups is 2. The Labute approximate surface area is 129 Å². The molecule has 0 bridgehead atoms. The number of nitrogens with zero attached hydrogens (tertiary/aromatic N) is 1. The Bertz CT molecular complexity index is 540. The summed E-state index contributed by atoms with van der Waals surface area (Å²) in [6.45, 7) is 1.62. The van der Waals surface area contributed by atoms with Crippen molar-refractivity contribution in [2.24, 2.45) is 5.92 Å². The fourth-order valence-corrected chi connectivity index (χ4v) is 2.53. The predicted octanol–water partition coefficient (Wildman–Crippen LogP) is 1.98. The van der Waals surface area contributed by atoms with Crippen molar-refractivity contribution in [3.05, 3.63) is 28.8 Å². The normalized spacial score (nSPS) is 18.1. The minimum atomic E-state index is -0.163. The fraction of sp³-hybridized carbons (Fsp3) is 0.467. The molecule has 1 saturated heterocycles. The van der Waals surface area contributed by atoms with E-state index in [4.69, 9.17) is 11.6 Å². The summed E-state index contributed by atoms with van der Waals surface area (Å²) in [6, 6.07) is 4.90. The smallest absolute Gasteiger partial charge is 0.255 e. The molecule has 1 aliphatic rings. The Balaban J connectivity index is 2.19. The van der Waals surface area contributed by atoms with Crippen molar-refractivity contribution < 1.29 is 9.59 Å². The molecular formula is C15H20ClN3O2. The third-order valence-electron chi connectivity index (χ3n) is 3.54. The van der Waals surface area contributed by atoms with Gasteiger partial charge in [0, 0.05) is 25.7 Å². The number of carbonyl (C=O) groups excluding carboxylic acids is 2. The van der Waals surface area contributed by atoms with Gasteiger partial charge in [-0.2, -0.15) is 0 Å². The van der Waals surface area contributed by atoms with Gasteiger partial charge in [0.05, 0.1) is 17.2 Å². The number of piperidine rings is 1. The standard InChI is InChI=1S/C15H20ClN3O2/c1-19(2)15(21)12-6-5-11(16)8-13(12)18-14(20)10-4-3-7-17-9-10/h5-6,8,10,17H,3-4,7,9H2,1-2H3,(H,18,20). The molecular weight excluding hydrogens is 290 g/mol. The zero-order valence-corrected chi connectivity index (χ0v) is 13.0.